The molecular weight excluding hydrogens is 229 g/mol. The molecule has 0 spiro atoms. The van der Waals surface area contributed by atoms with Crippen LogP contribution in [0.5, 0.6) is 0 Å². The van der Waals surface area contributed by atoms with Crippen LogP contribution in [0.3, 0.4) is 0 Å². The van der Waals surface area contributed by atoms with Gasteiger partial charge in [-0.15, -0.1) is 0 Å². The summed E-state index contributed by atoms with van der Waals surface area (Å²) in [6.07, 6.45) is -2.71. The third kappa shape index (κ3) is 2.54. The molecule has 1 aromatic rings. The van der Waals surface area contributed by atoms with Gasteiger partial charge in [0.2, 0.25) is 0 Å². The number of alkyl halides is 3. The number of rotatable bonds is 2. The van der Waals surface area contributed by atoms with Crippen molar-refractivity contribution in [3.63, 3.8) is 0 Å². The summed E-state index contributed by atoms with van der Waals surface area (Å²) >= 11 is 0. The highest BCUT2D eigenvalue weighted by Crippen LogP contribution is 2.38. The van der Waals surface area contributed by atoms with Crippen LogP contribution in [-0.2, 0) is 6.18 Å². The van der Waals surface area contributed by atoms with Gasteiger partial charge in [-0.3, -0.25) is 0 Å². The molecule has 0 fully saturated rings. The molecule has 0 amide bonds. The Kier molecular flexibility index (Phi) is 3.28. The molecule has 2 rings (SSSR count). The van der Waals surface area contributed by atoms with Crippen LogP contribution in [0.1, 0.15) is 29.9 Å². The van der Waals surface area contributed by atoms with E-state index in [0.717, 1.165) is 36.7 Å². The minimum absolute atomic E-state index is 0.138. The molecule has 0 radical (unpaired) electrons. The third-order valence-electron chi connectivity index (χ3n) is 3.14. The Hall–Kier alpha value is -1.23. The number of nitrogens with two attached hydrogens (primary N) is 1. The lowest BCUT2D eigenvalue weighted by Crippen LogP contribution is -2.20. The average Bonchev–Trinajstić information content (AvgIpc) is 2.28. The fourth-order valence-electron chi connectivity index (χ4n) is 2.28. The molecule has 0 aliphatic carbocycles. The lowest BCUT2D eigenvalue weighted by atomic mass is 9.87. The molecule has 17 heavy (non-hydrogen) atoms. The zero-order valence-corrected chi connectivity index (χ0v) is 9.35. The van der Waals surface area contributed by atoms with Crippen LogP contribution in [0.2, 0.25) is 0 Å². The Labute approximate surface area is 98.0 Å². The molecule has 3 N–H and O–H groups in total. The van der Waals surface area contributed by atoms with Crippen LogP contribution < -0.4 is 11.1 Å². The number of hydrogen-bond donors (Lipinski definition) is 2. The summed E-state index contributed by atoms with van der Waals surface area (Å²) in [5.41, 5.74) is 6.47. The van der Waals surface area contributed by atoms with Crippen LogP contribution in [-0.4, -0.2) is 13.1 Å². The van der Waals surface area contributed by atoms with Gasteiger partial charge in [-0.25, -0.2) is 0 Å². The normalized spacial score (nSPS) is 19.6. The quantitative estimate of drug-likeness (QED) is 0.839. The predicted molar refractivity (Wildman–Crippen MR) is 61.0 cm³/mol. The SMILES string of the molecule is NCCC1CCNc2ccc(C(F)(F)F)cc21. The molecule has 1 atom stereocenters. The summed E-state index contributed by atoms with van der Waals surface area (Å²) in [7, 11) is 0. The molecule has 1 aromatic carbocycles. The summed E-state index contributed by atoms with van der Waals surface area (Å²) < 4.78 is 37.9. The number of fused-ring (bicyclic) bond motifs is 1. The smallest absolute Gasteiger partial charge is 0.385 e. The van der Waals surface area contributed by atoms with Gasteiger partial charge in [-0.2, -0.15) is 13.2 Å². The highest BCUT2D eigenvalue weighted by Gasteiger charge is 2.32. The van der Waals surface area contributed by atoms with Crippen molar-refractivity contribution in [3.8, 4) is 0 Å². The first-order chi connectivity index (χ1) is 8.02. The van der Waals surface area contributed by atoms with E-state index in [4.69, 9.17) is 5.73 Å². The van der Waals surface area contributed by atoms with Gasteiger partial charge >= 0.3 is 6.18 Å². The minimum Gasteiger partial charge on any atom is -0.385 e. The first-order valence-corrected chi connectivity index (χ1v) is 5.67. The summed E-state index contributed by atoms with van der Waals surface area (Å²) in [5, 5.41) is 3.12. The second-order valence-electron chi connectivity index (χ2n) is 4.29. The maximum Gasteiger partial charge on any atom is 0.416 e. The highest BCUT2D eigenvalue weighted by molar-refractivity contribution is 5.56. The Morgan fingerprint density at radius 3 is 2.76 bits per heavy atom. The Balaban J connectivity index is 2.37. The van der Waals surface area contributed by atoms with Gasteiger partial charge < -0.3 is 11.1 Å². The molecule has 0 bridgehead atoms. The van der Waals surface area contributed by atoms with Gasteiger partial charge in [0.15, 0.2) is 0 Å². The zero-order chi connectivity index (χ0) is 12.5. The molecule has 2 nitrogen and oxygen atoms in total. The number of benzene rings is 1. The summed E-state index contributed by atoms with van der Waals surface area (Å²) in [4.78, 5) is 0. The summed E-state index contributed by atoms with van der Waals surface area (Å²) in [5.74, 6) is 0.138. The Bertz CT molecular complexity index is 401. The van der Waals surface area contributed by atoms with E-state index in [1.807, 2.05) is 0 Å². The maximum absolute atomic E-state index is 12.6. The van der Waals surface area contributed by atoms with Crippen molar-refractivity contribution >= 4 is 5.69 Å². The fraction of sp³-hybridized carbons (Fsp3) is 0.500. The Morgan fingerprint density at radius 2 is 2.12 bits per heavy atom. The van der Waals surface area contributed by atoms with E-state index in [1.54, 1.807) is 0 Å². The molecule has 0 saturated heterocycles. The average molecular weight is 244 g/mol. The van der Waals surface area contributed by atoms with Gasteiger partial charge in [-0.05, 0) is 49.1 Å². The Morgan fingerprint density at radius 1 is 1.35 bits per heavy atom. The largest absolute Gasteiger partial charge is 0.416 e. The van der Waals surface area contributed by atoms with Gasteiger partial charge in [0.25, 0.3) is 0 Å². The van der Waals surface area contributed by atoms with E-state index in [2.05, 4.69) is 5.32 Å². The molecule has 1 unspecified atom stereocenters. The zero-order valence-electron chi connectivity index (χ0n) is 9.35. The molecular formula is C12H15F3N2. The van der Waals surface area contributed by atoms with E-state index in [-0.39, 0.29) is 5.92 Å². The van der Waals surface area contributed by atoms with Crippen molar-refractivity contribution in [1.29, 1.82) is 0 Å². The maximum atomic E-state index is 12.6. The molecule has 94 valence electrons. The van der Waals surface area contributed by atoms with Crippen molar-refractivity contribution in [1.82, 2.24) is 0 Å². The predicted octanol–water partition coefficient (Wildman–Crippen LogP) is 2.95. The molecule has 0 aromatic heterocycles. The lowest BCUT2D eigenvalue weighted by molar-refractivity contribution is -0.137. The third-order valence-corrected chi connectivity index (χ3v) is 3.14. The molecule has 1 heterocycles. The molecule has 0 saturated carbocycles. The van der Waals surface area contributed by atoms with Gasteiger partial charge in [0.1, 0.15) is 0 Å². The fourth-order valence-corrected chi connectivity index (χ4v) is 2.28. The summed E-state index contributed by atoms with van der Waals surface area (Å²) in [6, 6.07) is 3.89. The van der Waals surface area contributed by atoms with E-state index in [0.29, 0.717) is 6.54 Å². The first-order valence-electron chi connectivity index (χ1n) is 5.67. The second-order valence-corrected chi connectivity index (χ2v) is 4.29. The molecule has 5 heteroatoms. The van der Waals surface area contributed by atoms with Crippen LogP contribution in [0.15, 0.2) is 18.2 Å². The minimum atomic E-state index is -4.28. The van der Waals surface area contributed by atoms with Gasteiger partial charge in [-0.1, -0.05) is 0 Å². The van der Waals surface area contributed by atoms with E-state index < -0.39 is 11.7 Å². The number of hydrogen-bond acceptors (Lipinski definition) is 2. The summed E-state index contributed by atoms with van der Waals surface area (Å²) in [6.45, 7) is 1.30. The standard InChI is InChI=1S/C12H15F3N2/c13-12(14,15)9-1-2-11-10(7-9)8(3-5-16)4-6-17-11/h1-2,7-8,17H,3-6,16H2. The van der Waals surface area contributed by atoms with Crippen LogP contribution in [0.4, 0.5) is 18.9 Å². The van der Waals surface area contributed by atoms with E-state index >= 15 is 0 Å². The van der Waals surface area contributed by atoms with Crippen molar-refractivity contribution in [2.24, 2.45) is 5.73 Å². The molecule has 1 aliphatic rings. The van der Waals surface area contributed by atoms with Crippen LogP contribution >= 0.6 is 0 Å². The lowest BCUT2D eigenvalue weighted by Gasteiger charge is -2.27. The number of nitrogens with one attached hydrogen (secondary N) is 1. The highest BCUT2D eigenvalue weighted by atomic mass is 19.4. The monoisotopic (exact) mass is 244 g/mol. The first kappa shape index (κ1) is 12.2. The van der Waals surface area contributed by atoms with Crippen molar-refractivity contribution in [2.45, 2.75) is 24.9 Å². The van der Waals surface area contributed by atoms with Crippen LogP contribution in [0, 0.1) is 0 Å². The van der Waals surface area contributed by atoms with E-state index in [9.17, 15) is 13.2 Å². The van der Waals surface area contributed by atoms with Gasteiger partial charge in [0, 0.05) is 12.2 Å². The topological polar surface area (TPSA) is 38.0 Å². The van der Waals surface area contributed by atoms with Crippen LogP contribution in [0.25, 0.3) is 0 Å². The van der Waals surface area contributed by atoms with Crippen molar-refractivity contribution in [2.75, 3.05) is 18.4 Å². The second kappa shape index (κ2) is 4.56. The number of anilines is 1. The van der Waals surface area contributed by atoms with Crippen molar-refractivity contribution < 1.29 is 13.2 Å². The van der Waals surface area contributed by atoms with Crippen molar-refractivity contribution in [3.05, 3.63) is 29.3 Å². The number of halogens is 3. The van der Waals surface area contributed by atoms with E-state index in [1.165, 1.54) is 12.1 Å². The molecule has 1 aliphatic heterocycles. The van der Waals surface area contributed by atoms with Gasteiger partial charge in [0.05, 0.1) is 5.56 Å².